The van der Waals surface area contributed by atoms with Crippen molar-refractivity contribution in [2.75, 3.05) is 32.9 Å². The van der Waals surface area contributed by atoms with E-state index in [0.29, 0.717) is 12.1 Å². The van der Waals surface area contributed by atoms with E-state index in [9.17, 15) is 26.7 Å². The molecule has 0 spiro atoms. The van der Waals surface area contributed by atoms with Crippen molar-refractivity contribution in [3.63, 3.8) is 0 Å². The molecule has 0 aromatic heterocycles. The number of aliphatic hydroxyl groups excluding tert-OH is 1. The Morgan fingerprint density at radius 2 is 1.92 bits per heavy atom. The van der Waals surface area contributed by atoms with Gasteiger partial charge in [0.1, 0.15) is 0 Å². The number of likely N-dealkylation sites (tertiary alicyclic amines) is 1. The molecule has 25 heavy (non-hydrogen) atoms. The molecule has 1 N–H and O–H groups in total. The molecule has 0 aliphatic carbocycles. The lowest BCUT2D eigenvalue weighted by Gasteiger charge is -2.19. The predicted octanol–water partition coefficient (Wildman–Crippen LogP) is 1.70. The summed E-state index contributed by atoms with van der Waals surface area (Å²) in [6.45, 7) is 2.54. The minimum Gasteiger partial charge on any atom is -0.391 e. The summed E-state index contributed by atoms with van der Waals surface area (Å²) in [5.74, 6) is -0.641. The van der Waals surface area contributed by atoms with Gasteiger partial charge in [-0.15, -0.1) is 0 Å². The van der Waals surface area contributed by atoms with Gasteiger partial charge in [0.15, 0.2) is 0 Å². The maximum atomic E-state index is 12.9. The van der Waals surface area contributed by atoms with Crippen LogP contribution in [0.15, 0.2) is 18.2 Å². The van der Waals surface area contributed by atoms with Crippen LogP contribution < -0.4 is 0 Å². The van der Waals surface area contributed by atoms with Crippen LogP contribution in [-0.2, 0) is 22.7 Å². The molecular weight excluding hydrogens is 357 g/mol. The Balaban J connectivity index is 2.10. The first kappa shape index (κ1) is 20.2. The van der Waals surface area contributed by atoms with E-state index < -0.39 is 33.8 Å². The molecule has 2 rings (SSSR count). The third-order valence-corrected chi connectivity index (χ3v) is 6.50. The number of hydrogen-bond donors (Lipinski definition) is 1. The van der Waals surface area contributed by atoms with Gasteiger partial charge in [-0.1, -0.05) is 6.07 Å². The Bertz CT molecular complexity index is 720. The van der Waals surface area contributed by atoms with Crippen molar-refractivity contribution in [3.8, 4) is 0 Å². The van der Waals surface area contributed by atoms with Gasteiger partial charge in [-0.3, -0.25) is 4.90 Å². The van der Waals surface area contributed by atoms with Crippen molar-refractivity contribution in [1.29, 1.82) is 0 Å². The number of β-amino-alcohol motifs (C(OH)–C–C–N with tert-alkyl or cyclic N) is 1. The number of hydrogen-bond acceptors (Lipinski definition) is 4. The second-order valence-corrected chi connectivity index (χ2v) is 8.95. The molecule has 0 saturated carbocycles. The molecule has 1 fully saturated rings. The second-order valence-electron chi connectivity index (χ2n) is 6.72. The molecule has 1 aliphatic heterocycles. The van der Waals surface area contributed by atoms with E-state index in [1.807, 2.05) is 0 Å². The number of rotatable bonds is 5. The second kappa shape index (κ2) is 7.22. The highest BCUT2D eigenvalue weighted by atomic mass is 32.2. The summed E-state index contributed by atoms with van der Waals surface area (Å²) >= 11 is 0. The maximum absolute atomic E-state index is 12.9. The number of aliphatic hydroxyl groups is 1. The molecule has 5 nitrogen and oxygen atoms in total. The Morgan fingerprint density at radius 1 is 1.28 bits per heavy atom. The zero-order chi connectivity index (χ0) is 19.0. The van der Waals surface area contributed by atoms with E-state index in [1.54, 1.807) is 11.8 Å². The van der Waals surface area contributed by atoms with Crippen LogP contribution in [0, 0.1) is 12.8 Å². The number of alkyl halides is 3. The number of benzene rings is 1. The smallest absolute Gasteiger partial charge is 0.391 e. The van der Waals surface area contributed by atoms with Crippen LogP contribution in [0.2, 0.25) is 0 Å². The number of sulfonamides is 1. The quantitative estimate of drug-likeness (QED) is 0.845. The fourth-order valence-electron chi connectivity index (χ4n) is 2.91. The molecule has 9 heteroatoms. The van der Waals surface area contributed by atoms with Gasteiger partial charge in [0.25, 0.3) is 0 Å². The molecule has 0 unspecified atom stereocenters. The van der Waals surface area contributed by atoms with Gasteiger partial charge in [0.2, 0.25) is 10.0 Å². The number of halogens is 3. The van der Waals surface area contributed by atoms with Crippen LogP contribution in [0.1, 0.15) is 16.7 Å². The van der Waals surface area contributed by atoms with Gasteiger partial charge in [-0.05, 0) is 30.2 Å². The fourth-order valence-corrected chi connectivity index (χ4v) is 4.08. The predicted molar refractivity (Wildman–Crippen MR) is 88.4 cm³/mol. The van der Waals surface area contributed by atoms with Crippen molar-refractivity contribution in [2.24, 2.45) is 5.92 Å². The molecule has 1 aromatic rings. The molecule has 2 atom stereocenters. The molecule has 1 aromatic carbocycles. The summed E-state index contributed by atoms with van der Waals surface area (Å²) < 4.78 is 63.7. The van der Waals surface area contributed by atoms with Crippen LogP contribution in [0.25, 0.3) is 0 Å². The summed E-state index contributed by atoms with van der Waals surface area (Å²) in [7, 11) is -0.585. The lowest BCUT2D eigenvalue weighted by molar-refractivity contribution is -0.137. The van der Waals surface area contributed by atoms with Crippen molar-refractivity contribution in [2.45, 2.75) is 25.7 Å². The third kappa shape index (κ3) is 4.93. The van der Waals surface area contributed by atoms with E-state index in [-0.39, 0.29) is 18.8 Å². The zero-order valence-corrected chi connectivity index (χ0v) is 15.2. The summed E-state index contributed by atoms with van der Waals surface area (Å²) in [6, 6.07) is 3.59. The van der Waals surface area contributed by atoms with E-state index >= 15 is 0 Å². The highest BCUT2D eigenvalue weighted by Gasteiger charge is 2.36. The largest absolute Gasteiger partial charge is 0.416 e. The molecule has 142 valence electrons. The molecule has 1 heterocycles. The normalized spacial score (nSPS) is 22.7. The summed E-state index contributed by atoms with van der Waals surface area (Å²) in [5.41, 5.74) is 0.546. The van der Waals surface area contributed by atoms with Crippen molar-refractivity contribution >= 4 is 10.0 Å². The Labute approximate surface area is 146 Å². The first-order chi connectivity index (χ1) is 11.4. The highest BCUT2D eigenvalue weighted by Crippen LogP contribution is 2.31. The fraction of sp³-hybridized carbons (Fsp3) is 0.625. The molecule has 0 bridgehead atoms. The van der Waals surface area contributed by atoms with E-state index in [4.69, 9.17) is 0 Å². The lowest BCUT2D eigenvalue weighted by Crippen LogP contribution is -2.33. The van der Waals surface area contributed by atoms with Crippen molar-refractivity contribution in [3.05, 3.63) is 34.9 Å². The Hall–Kier alpha value is -1.16. The van der Waals surface area contributed by atoms with Crippen LogP contribution >= 0.6 is 0 Å². The first-order valence-electron chi connectivity index (χ1n) is 7.87. The van der Waals surface area contributed by atoms with Crippen molar-refractivity contribution < 1.29 is 26.7 Å². The molecule has 1 aliphatic rings. The number of nitrogens with zero attached hydrogens (tertiary/aromatic N) is 2. The molecule has 1 saturated heterocycles. The minimum atomic E-state index is -4.41. The van der Waals surface area contributed by atoms with Gasteiger partial charge in [0, 0.05) is 39.6 Å². The lowest BCUT2D eigenvalue weighted by atomic mass is 10.0. The van der Waals surface area contributed by atoms with Gasteiger partial charge in [0.05, 0.1) is 17.4 Å². The van der Waals surface area contributed by atoms with E-state index in [0.717, 1.165) is 22.0 Å². The van der Waals surface area contributed by atoms with E-state index in [2.05, 4.69) is 0 Å². The van der Waals surface area contributed by atoms with Gasteiger partial charge >= 0.3 is 6.18 Å². The van der Waals surface area contributed by atoms with Crippen LogP contribution in [-0.4, -0.2) is 61.8 Å². The van der Waals surface area contributed by atoms with Crippen LogP contribution in [0.4, 0.5) is 13.2 Å². The SMILES string of the molecule is Cc1ccc(C(F)(F)F)cc1CN1C[C@@H](CS(=O)(=O)N(C)C)[C@H](O)C1. The molecule has 0 amide bonds. The average Bonchev–Trinajstić information content (AvgIpc) is 2.79. The van der Waals surface area contributed by atoms with Gasteiger partial charge < -0.3 is 5.11 Å². The third-order valence-electron chi connectivity index (χ3n) is 4.53. The Kier molecular flexibility index (Phi) is 5.82. The number of aryl methyl sites for hydroxylation is 1. The zero-order valence-electron chi connectivity index (χ0n) is 14.4. The van der Waals surface area contributed by atoms with Crippen LogP contribution in [0.3, 0.4) is 0 Å². The summed E-state index contributed by atoms with van der Waals surface area (Å²) in [6.07, 6.45) is -5.23. The molecular formula is C16H23F3N2O3S. The first-order valence-corrected chi connectivity index (χ1v) is 9.48. The highest BCUT2D eigenvalue weighted by molar-refractivity contribution is 7.89. The summed E-state index contributed by atoms with van der Waals surface area (Å²) in [4.78, 5) is 1.79. The maximum Gasteiger partial charge on any atom is 0.416 e. The molecule has 0 radical (unpaired) electrons. The average molecular weight is 380 g/mol. The monoisotopic (exact) mass is 380 g/mol. The standard InChI is InChI=1S/C16H23F3N2O3S/c1-11-4-5-14(16(17,18)19)6-12(11)7-21-8-13(15(22)9-21)10-25(23,24)20(2)3/h4-6,13,15,22H,7-10H2,1-3H3/t13-,15+/m0/s1. The van der Waals surface area contributed by atoms with Crippen molar-refractivity contribution in [1.82, 2.24) is 9.21 Å². The summed E-state index contributed by atoms with van der Waals surface area (Å²) in [5, 5.41) is 10.1. The Morgan fingerprint density at radius 3 is 2.48 bits per heavy atom. The minimum absolute atomic E-state index is 0.181. The van der Waals surface area contributed by atoms with Gasteiger partial charge in [-0.25, -0.2) is 12.7 Å². The van der Waals surface area contributed by atoms with Crippen LogP contribution in [0.5, 0.6) is 0 Å². The van der Waals surface area contributed by atoms with E-state index in [1.165, 1.54) is 20.2 Å². The van der Waals surface area contributed by atoms with Gasteiger partial charge in [-0.2, -0.15) is 13.2 Å². The topological polar surface area (TPSA) is 60.9 Å².